The van der Waals surface area contributed by atoms with E-state index in [-0.39, 0.29) is 6.10 Å². The van der Waals surface area contributed by atoms with E-state index in [4.69, 9.17) is 4.74 Å². The van der Waals surface area contributed by atoms with Gasteiger partial charge in [-0.15, -0.1) is 6.58 Å². The minimum atomic E-state index is -0.850. The Labute approximate surface area is 109 Å². The van der Waals surface area contributed by atoms with E-state index in [9.17, 15) is 15.0 Å². The number of esters is 1. The van der Waals surface area contributed by atoms with Gasteiger partial charge in [-0.3, -0.25) is 0 Å². The first-order valence-electron chi connectivity index (χ1n) is 6.33. The lowest BCUT2D eigenvalue weighted by Crippen LogP contribution is -2.23. The lowest BCUT2D eigenvalue weighted by atomic mass is 10.0. The molecule has 104 valence electrons. The predicted octanol–water partition coefficient (Wildman–Crippen LogP) is 1.96. The lowest BCUT2D eigenvalue weighted by Gasteiger charge is -2.14. The average molecular weight is 256 g/mol. The van der Waals surface area contributed by atoms with Gasteiger partial charge in [-0.05, 0) is 26.2 Å². The quantitative estimate of drug-likeness (QED) is 0.271. The Morgan fingerprint density at radius 3 is 2.39 bits per heavy atom. The summed E-state index contributed by atoms with van der Waals surface area (Å²) in [6.45, 7) is 8.60. The maximum atomic E-state index is 10.9. The van der Waals surface area contributed by atoms with Gasteiger partial charge in [0.05, 0.1) is 18.3 Å². The summed E-state index contributed by atoms with van der Waals surface area (Å²) >= 11 is 0. The highest BCUT2D eigenvalue weighted by Crippen LogP contribution is 2.11. The average Bonchev–Trinajstić information content (AvgIpc) is 2.36. The van der Waals surface area contributed by atoms with Crippen molar-refractivity contribution in [1.82, 2.24) is 0 Å². The van der Waals surface area contributed by atoms with Gasteiger partial charge < -0.3 is 14.9 Å². The molecule has 0 rings (SSSR count). The third-order valence-corrected chi connectivity index (χ3v) is 2.73. The van der Waals surface area contributed by atoms with E-state index < -0.39 is 18.2 Å². The second kappa shape index (κ2) is 9.85. The first kappa shape index (κ1) is 16.9. The van der Waals surface area contributed by atoms with Crippen LogP contribution in [-0.4, -0.2) is 34.5 Å². The summed E-state index contributed by atoms with van der Waals surface area (Å²) in [6, 6.07) is 0. The topological polar surface area (TPSA) is 66.8 Å². The number of hydrogen-bond acceptors (Lipinski definition) is 4. The summed E-state index contributed by atoms with van der Waals surface area (Å²) in [7, 11) is 0. The maximum absolute atomic E-state index is 10.9. The van der Waals surface area contributed by atoms with Crippen molar-refractivity contribution in [3.63, 3.8) is 0 Å². The molecule has 0 spiro atoms. The molecule has 18 heavy (non-hydrogen) atoms. The van der Waals surface area contributed by atoms with Crippen molar-refractivity contribution in [2.45, 2.75) is 57.3 Å². The molecule has 0 radical (unpaired) electrons. The number of carbonyl (C=O) groups is 1. The maximum Gasteiger partial charge on any atom is 0.330 e. The van der Waals surface area contributed by atoms with E-state index in [1.165, 1.54) is 6.08 Å². The van der Waals surface area contributed by atoms with Crippen molar-refractivity contribution in [3.8, 4) is 0 Å². The summed E-state index contributed by atoms with van der Waals surface area (Å²) < 4.78 is 5.02. The molecule has 0 bridgehead atoms. The van der Waals surface area contributed by atoms with Crippen molar-refractivity contribution in [1.29, 1.82) is 0 Å². The Hall–Kier alpha value is -1.13. The monoisotopic (exact) mass is 256 g/mol. The van der Waals surface area contributed by atoms with Crippen LogP contribution in [0.15, 0.2) is 25.3 Å². The molecular formula is C14H24O4. The third-order valence-electron chi connectivity index (χ3n) is 2.73. The van der Waals surface area contributed by atoms with Crippen molar-refractivity contribution in [2.24, 2.45) is 0 Å². The minimum absolute atomic E-state index is 0.112. The van der Waals surface area contributed by atoms with Crippen molar-refractivity contribution >= 4 is 5.97 Å². The smallest absolute Gasteiger partial charge is 0.330 e. The number of carbonyl (C=O) groups excluding carboxylic acids is 1. The Morgan fingerprint density at radius 2 is 1.83 bits per heavy atom. The van der Waals surface area contributed by atoms with Crippen LogP contribution in [0, 0.1) is 0 Å². The van der Waals surface area contributed by atoms with E-state index in [2.05, 4.69) is 13.2 Å². The van der Waals surface area contributed by atoms with Crippen molar-refractivity contribution in [3.05, 3.63) is 25.3 Å². The fraction of sp³-hybridized carbons (Fsp3) is 0.643. The molecule has 0 unspecified atom stereocenters. The molecule has 0 aromatic rings. The van der Waals surface area contributed by atoms with Crippen LogP contribution in [0.2, 0.25) is 0 Å². The van der Waals surface area contributed by atoms with Crippen LogP contribution in [0.1, 0.15) is 39.0 Å². The fourth-order valence-electron chi connectivity index (χ4n) is 1.60. The van der Waals surface area contributed by atoms with Gasteiger partial charge in [-0.25, -0.2) is 4.79 Å². The van der Waals surface area contributed by atoms with Gasteiger partial charge in [0.15, 0.2) is 0 Å². The van der Waals surface area contributed by atoms with Crippen LogP contribution in [0.25, 0.3) is 0 Å². The molecule has 3 atom stereocenters. The van der Waals surface area contributed by atoms with Crippen LogP contribution < -0.4 is 0 Å². The number of ether oxygens (including phenoxy) is 1. The zero-order valence-corrected chi connectivity index (χ0v) is 11.0. The molecule has 0 aliphatic carbocycles. The minimum Gasteiger partial charge on any atom is -0.460 e. The molecule has 0 saturated carbocycles. The largest absolute Gasteiger partial charge is 0.460 e. The van der Waals surface area contributed by atoms with E-state index in [1.54, 1.807) is 0 Å². The van der Waals surface area contributed by atoms with Gasteiger partial charge in [0.25, 0.3) is 0 Å². The van der Waals surface area contributed by atoms with E-state index in [0.717, 1.165) is 31.8 Å². The lowest BCUT2D eigenvalue weighted by molar-refractivity contribution is -0.142. The van der Waals surface area contributed by atoms with Crippen LogP contribution >= 0.6 is 0 Å². The predicted molar refractivity (Wildman–Crippen MR) is 71.0 cm³/mol. The molecule has 0 aliphatic heterocycles. The Kier molecular flexibility index (Phi) is 9.24. The zero-order chi connectivity index (χ0) is 14.0. The number of rotatable bonds is 10. The number of hydrogen-bond donors (Lipinski definition) is 2. The highest BCUT2D eigenvalue weighted by molar-refractivity contribution is 5.81. The summed E-state index contributed by atoms with van der Waals surface area (Å²) in [5, 5.41) is 18.7. The SMILES string of the molecule is C=CC(=O)O[C@H](C)CCCCC[C@H](O)[C@@H](O)C=C. The molecule has 2 N–H and O–H groups in total. The van der Waals surface area contributed by atoms with Gasteiger partial charge in [-0.1, -0.05) is 25.5 Å². The number of aliphatic hydroxyl groups excluding tert-OH is 2. The second-order valence-corrected chi connectivity index (χ2v) is 4.38. The highest BCUT2D eigenvalue weighted by Gasteiger charge is 2.12. The Morgan fingerprint density at radius 1 is 1.22 bits per heavy atom. The second-order valence-electron chi connectivity index (χ2n) is 4.38. The molecular weight excluding hydrogens is 232 g/mol. The summed E-state index contributed by atoms with van der Waals surface area (Å²) in [6.07, 6.45) is 4.81. The van der Waals surface area contributed by atoms with Gasteiger partial charge >= 0.3 is 5.97 Å². The highest BCUT2D eigenvalue weighted by atomic mass is 16.5. The van der Waals surface area contributed by atoms with Gasteiger partial charge in [0, 0.05) is 6.08 Å². The van der Waals surface area contributed by atoms with Crippen LogP contribution in [0.3, 0.4) is 0 Å². The van der Waals surface area contributed by atoms with Crippen LogP contribution in [0.5, 0.6) is 0 Å². The Bertz CT molecular complexity index is 263. The normalized spacial score (nSPS) is 15.5. The van der Waals surface area contributed by atoms with Crippen LogP contribution in [-0.2, 0) is 9.53 Å². The molecule has 0 saturated heterocycles. The third kappa shape index (κ3) is 8.03. The van der Waals surface area contributed by atoms with Crippen molar-refractivity contribution in [2.75, 3.05) is 0 Å². The van der Waals surface area contributed by atoms with E-state index in [1.807, 2.05) is 6.92 Å². The molecule has 0 fully saturated rings. The first-order chi connectivity index (χ1) is 8.51. The van der Waals surface area contributed by atoms with Gasteiger partial charge in [-0.2, -0.15) is 0 Å². The fourth-order valence-corrected chi connectivity index (χ4v) is 1.60. The zero-order valence-electron chi connectivity index (χ0n) is 11.0. The molecule has 0 amide bonds. The van der Waals surface area contributed by atoms with Crippen molar-refractivity contribution < 1.29 is 19.7 Å². The van der Waals surface area contributed by atoms with E-state index >= 15 is 0 Å². The molecule has 0 aromatic carbocycles. The number of aliphatic hydroxyl groups is 2. The summed E-state index contributed by atoms with van der Waals surface area (Å²) in [5.74, 6) is -0.396. The van der Waals surface area contributed by atoms with Gasteiger partial charge in [0.1, 0.15) is 0 Å². The molecule has 0 aliphatic rings. The molecule has 0 heterocycles. The molecule has 4 nitrogen and oxygen atoms in total. The standard InChI is InChI=1S/C14H24O4/c1-4-12(15)13(16)10-8-6-7-9-11(3)18-14(17)5-2/h4-5,11-13,15-16H,1-2,6-10H2,3H3/t11-,12+,13+/m1/s1. The Balaban J connectivity index is 3.53. The summed E-state index contributed by atoms with van der Waals surface area (Å²) in [4.78, 5) is 10.9. The number of unbranched alkanes of at least 4 members (excludes halogenated alkanes) is 2. The van der Waals surface area contributed by atoms with Gasteiger partial charge in [0.2, 0.25) is 0 Å². The molecule has 4 heteroatoms. The van der Waals surface area contributed by atoms with E-state index in [0.29, 0.717) is 6.42 Å². The van der Waals surface area contributed by atoms with Crippen LogP contribution in [0.4, 0.5) is 0 Å². The first-order valence-corrected chi connectivity index (χ1v) is 6.33. The molecule has 0 aromatic heterocycles. The summed E-state index contributed by atoms with van der Waals surface area (Å²) in [5.41, 5.74) is 0.